The molecule has 0 fully saturated rings. The molecule has 4 N–H and O–H groups in total. The number of furan rings is 1. The molecule has 1 rings (SSSR count). The SMILES string of the molecule is CCCCC/C=C\C/C=C\CC(O)/C=C\C=C\CCCC(=O)OC[C@H](COP(=O)(O)OCCN)OC(=O)CCCCCCCCCCc1oc(CCCCC)c(C)c1C. The van der Waals surface area contributed by atoms with Gasteiger partial charge < -0.3 is 29.6 Å². The highest BCUT2D eigenvalue weighted by Gasteiger charge is 2.26. The smallest absolute Gasteiger partial charge is 0.466 e. The van der Waals surface area contributed by atoms with E-state index in [1.165, 1.54) is 62.5 Å². The highest BCUT2D eigenvalue weighted by molar-refractivity contribution is 7.47. The second-order valence-corrected chi connectivity index (χ2v) is 16.8. The van der Waals surface area contributed by atoms with Crippen molar-refractivity contribution in [2.24, 2.45) is 5.73 Å². The van der Waals surface area contributed by atoms with Crippen molar-refractivity contribution >= 4 is 19.8 Å². The average Bonchev–Trinajstić information content (AvgIpc) is 3.48. The molecule has 338 valence electrons. The molecule has 2 unspecified atom stereocenters. The van der Waals surface area contributed by atoms with Gasteiger partial charge in [-0.05, 0) is 82.8 Å². The molecule has 0 saturated carbocycles. The minimum Gasteiger partial charge on any atom is -0.466 e. The summed E-state index contributed by atoms with van der Waals surface area (Å²) in [5.41, 5.74) is 7.98. The van der Waals surface area contributed by atoms with E-state index < -0.39 is 38.6 Å². The Morgan fingerprint density at radius 1 is 0.712 bits per heavy atom. The molecule has 3 atom stereocenters. The first kappa shape index (κ1) is 54.2. The third kappa shape index (κ3) is 30.0. The van der Waals surface area contributed by atoms with Crippen LogP contribution < -0.4 is 5.73 Å². The van der Waals surface area contributed by atoms with E-state index >= 15 is 0 Å². The van der Waals surface area contributed by atoms with Gasteiger partial charge in [0.05, 0.1) is 19.3 Å². The Labute approximate surface area is 356 Å². The van der Waals surface area contributed by atoms with E-state index in [0.29, 0.717) is 25.7 Å². The predicted molar refractivity (Wildman–Crippen MR) is 238 cm³/mol. The quantitative estimate of drug-likeness (QED) is 0.0190. The number of allylic oxidation sites excluding steroid dienone is 6. The van der Waals surface area contributed by atoms with E-state index in [1.54, 1.807) is 12.2 Å². The number of nitrogens with two attached hydrogens (primary N) is 1. The molecule has 0 bridgehead atoms. The summed E-state index contributed by atoms with van der Waals surface area (Å²) in [4.78, 5) is 35.0. The molecule has 0 aromatic carbocycles. The van der Waals surface area contributed by atoms with Gasteiger partial charge in [0.1, 0.15) is 18.1 Å². The number of esters is 2. The molecule has 0 aliphatic rings. The van der Waals surface area contributed by atoms with Crippen LogP contribution in [0.2, 0.25) is 0 Å². The van der Waals surface area contributed by atoms with Crippen molar-refractivity contribution in [3.05, 3.63) is 71.3 Å². The minimum absolute atomic E-state index is 0.0256. The number of carbonyl (C=O) groups excluding carboxylic acids is 2. The Bertz CT molecular complexity index is 1400. The summed E-state index contributed by atoms with van der Waals surface area (Å²) < 4.78 is 39.0. The molecule has 0 aliphatic heterocycles. The third-order valence-corrected chi connectivity index (χ3v) is 11.0. The molecule has 12 heteroatoms. The monoisotopic (exact) mass is 850 g/mol. The Morgan fingerprint density at radius 3 is 1.98 bits per heavy atom. The molecule has 0 saturated heterocycles. The zero-order valence-electron chi connectivity index (χ0n) is 37.1. The molecular formula is C47H80NO10P. The second-order valence-electron chi connectivity index (χ2n) is 15.3. The number of aryl methyl sites for hydroxylation is 2. The molecule has 11 nitrogen and oxygen atoms in total. The van der Waals surface area contributed by atoms with Crippen LogP contribution in [0.25, 0.3) is 0 Å². The number of unbranched alkanes of at least 4 members (excludes halogenated alkanes) is 13. The van der Waals surface area contributed by atoms with Gasteiger partial charge in [-0.15, -0.1) is 0 Å². The predicted octanol–water partition coefficient (Wildman–Crippen LogP) is 11.3. The van der Waals surface area contributed by atoms with Crippen LogP contribution in [-0.4, -0.2) is 60.5 Å². The van der Waals surface area contributed by atoms with Crippen LogP contribution in [0.3, 0.4) is 0 Å². The van der Waals surface area contributed by atoms with E-state index in [1.807, 2.05) is 18.2 Å². The maximum Gasteiger partial charge on any atom is 0.472 e. The van der Waals surface area contributed by atoms with Crippen LogP contribution in [0.5, 0.6) is 0 Å². The number of aliphatic hydroxyl groups is 1. The number of aliphatic hydroxyl groups excluding tert-OH is 1. The van der Waals surface area contributed by atoms with E-state index in [4.69, 9.17) is 28.7 Å². The topological polar surface area (TPSA) is 168 Å². The van der Waals surface area contributed by atoms with Crippen LogP contribution in [0.15, 0.2) is 53.0 Å². The van der Waals surface area contributed by atoms with Gasteiger partial charge in [0, 0.05) is 32.2 Å². The van der Waals surface area contributed by atoms with Gasteiger partial charge in [0.25, 0.3) is 0 Å². The number of hydrogen-bond donors (Lipinski definition) is 3. The zero-order chi connectivity index (χ0) is 43.4. The summed E-state index contributed by atoms with van der Waals surface area (Å²) in [7, 11) is -4.43. The summed E-state index contributed by atoms with van der Waals surface area (Å²) in [5, 5.41) is 10.1. The first-order valence-electron chi connectivity index (χ1n) is 22.6. The van der Waals surface area contributed by atoms with E-state index in [-0.39, 0.29) is 32.6 Å². The fourth-order valence-corrected chi connectivity index (χ4v) is 7.06. The first-order valence-corrected chi connectivity index (χ1v) is 24.1. The largest absolute Gasteiger partial charge is 0.472 e. The van der Waals surface area contributed by atoms with Gasteiger partial charge in [-0.3, -0.25) is 18.6 Å². The lowest BCUT2D eigenvalue weighted by Crippen LogP contribution is -2.29. The highest BCUT2D eigenvalue weighted by Crippen LogP contribution is 2.43. The maximum atomic E-state index is 12.7. The Balaban J connectivity index is 2.33. The van der Waals surface area contributed by atoms with Gasteiger partial charge in [0.15, 0.2) is 6.10 Å². The van der Waals surface area contributed by atoms with Crippen molar-refractivity contribution in [3.63, 3.8) is 0 Å². The standard InChI is InChI=1S/C47H80NO10P/c1-5-7-9-10-11-12-15-19-25-30-42(49)31-26-20-18-23-28-34-46(50)54-38-43(39-56-59(52,53)55-37-36-48)57-47(51)35-29-22-17-14-13-16-21-27-33-45-41(4)40(3)44(58-45)32-24-8-6-2/h11-12,18-20,25-26,31,42-43,49H,5-10,13-17,21-24,27-30,32-39,48H2,1-4H3,(H,52,53)/b12-11-,20-18+,25-19-,31-26-/t42?,43-/m1/s1. The number of ether oxygens (including phenoxy) is 2. The number of phosphoric acid groups is 1. The molecule has 0 aliphatic carbocycles. The van der Waals surface area contributed by atoms with Crippen molar-refractivity contribution in [2.45, 2.75) is 188 Å². The Morgan fingerprint density at radius 2 is 1.31 bits per heavy atom. The molecule has 59 heavy (non-hydrogen) atoms. The fourth-order valence-electron chi connectivity index (χ4n) is 6.30. The molecule has 0 amide bonds. The lowest BCUT2D eigenvalue weighted by molar-refractivity contribution is -0.161. The maximum absolute atomic E-state index is 12.7. The van der Waals surface area contributed by atoms with Crippen LogP contribution in [-0.2, 0) is 45.5 Å². The average molecular weight is 850 g/mol. The van der Waals surface area contributed by atoms with Crippen LogP contribution in [0, 0.1) is 13.8 Å². The van der Waals surface area contributed by atoms with Gasteiger partial charge in [0.2, 0.25) is 0 Å². The molecule has 0 radical (unpaired) electrons. The summed E-state index contributed by atoms with van der Waals surface area (Å²) >= 11 is 0. The number of rotatable bonds is 38. The first-order chi connectivity index (χ1) is 28.5. The lowest BCUT2D eigenvalue weighted by Gasteiger charge is -2.19. The normalized spacial score (nSPS) is 14.2. The van der Waals surface area contributed by atoms with Crippen molar-refractivity contribution in [1.82, 2.24) is 0 Å². The zero-order valence-corrected chi connectivity index (χ0v) is 37.9. The Hall–Kier alpha value is -2.79. The van der Waals surface area contributed by atoms with Gasteiger partial charge in [-0.1, -0.05) is 127 Å². The van der Waals surface area contributed by atoms with Crippen LogP contribution in [0.1, 0.15) is 171 Å². The summed E-state index contributed by atoms with van der Waals surface area (Å²) in [6.45, 7) is 7.82. The Kier molecular flexibility index (Phi) is 33.0. The highest BCUT2D eigenvalue weighted by atomic mass is 31.2. The molecule has 1 heterocycles. The molecule has 1 aromatic heterocycles. The van der Waals surface area contributed by atoms with Gasteiger partial charge >= 0.3 is 19.8 Å². The molecule has 0 spiro atoms. The third-order valence-electron chi connectivity index (χ3n) is 10.0. The van der Waals surface area contributed by atoms with Gasteiger partial charge in [-0.25, -0.2) is 4.57 Å². The summed E-state index contributed by atoms with van der Waals surface area (Å²) in [6.07, 6.45) is 35.7. The summed E-state index contributed by atoms with van der Waals surface area (Å²) in [5.74, 6) is 1.33. The number of phosphoric ester groups is 1. The van der Waals surface area contributed by atoms with Crippen LogP contribution >= 0.6 is 7.82 Å². The number of hydrogen-bond acceptors (Lipinski definition) is 10. The lowest BCUT2D eigenvalue weighted by atomic mass is 10.0. The van der Waals surface area contributed by atoms with Crippen molar-refractivity contribution in [2.75, 3.05) is 26.4 Å². The molecular weight excluding hydrogens is 769 g/mol. The van der Waals surface area contributed by atoms with E-state index in [0.717, 1.165) is 69.3 Å². The van der Waals surface area contributed by atoms with Gasteiger partial charge in [-0.2, -0.15) is 0 Å². The van der Waals surface area contributed by atoms with E-state index in [2.05, 4.69) is 45.9 Å². The summed E-state index contributed by atoms with van der Waals surface area (Å²) in [6, 6.07) is 0. The fraction of sp³-hybridized carbons (Fsp3) is 0.702. The number of carbonyl (C=O) groups is 2. The minimum atomic E-state index is -4.43. The van der Waals surface area contributed by atoms with E-state index in [9.17, 15) is 24.2 Å². The van der Waals surface area contributed by atoms with Crippen LogP contribution in [0.4, 0.5) is 0 Å². The van der Waals surface area contributed by atoms with Crippen molar-refractivity contribution in [3.8, 4) is 0 Å². The van der Waals surface area contributed by atoms with Crippen molar-refractivity contribution in [1.29, 1.82) is 0 Å². The van der Waals surface area contributed by atoms with Crippen molar-refractivity contribution < 1.29 is 47.1 Å². The second kappa shape index (κ2) is 35.9. The molecule has 1 aromatic rings.